The third-order valence-electron chi connectivity index (χ3n) is 4.32. The molecule has 0 atom stereocenters. The van der Waals surface area contributed by atoms with Gasteiger partial charge in [-0.3, -0.25) is 4.79 Å². The van der Waals surface area contributed by atoms with Crippen molar-refractivity contribution in [2.75, 3.05) is 13.1 Å². The van der Waals surface area contributed by atoms with E-state index in [2.05, 4.69) is 17.4 Å². The highest BCUT2D eigenvalue weighted by Gasteiger charge is 2.34. The van der Waals surface area contributed by atoms with Crippen molar-refractivity contribution in [1.82, 2.24) is 10.2 Å². The van der Waals surface area contributed by atoms with Gasteiger partial charge in [0.15, 0.2) is 0 Å². The van der Waals surface area contributed by atoms with Gasteiger partial charge in [-0.05, 0) is 37.5 Å². The van der Waals surface area contributed by atoms with Crippen molar-refractivity contribution in [3.63, 3.8) is 0 Å². The maximum atomic E-state index is 12.2. The topological polar surface area (TPSA) is 58.6 Å². The largest absolute Gasteiger partial charge is 0.444 e. The van der Waals surface area contributed by atoms with Gasteiger partial charge in [0.05, 0.1) is 12.5 Å². The number of hydrogen-bond acceptors (Lipinski definition) is 3. The first-order valence-electron chi connectivity index (χ1n) is 9.22. The van der Waals surface area contributed by atoms with Crippen LogP contribution in [0.3, 0.4) is 0 Å². The van der Waals surface area contributed by atoms with Crippen LogP contribution in [0.1, 0.15) is 26.3 Å². The van der Waals surface area contributed by atoms with E-state index in [1.165, 1.54) is 0 Å². The maximum absolute atomic E-state index is 12.2. The monoisotopic (exact) mass is 366 g/mol. The molecule has 0 spiro atoms. The lowest BCUT2D eigenvalue weighted by atomic mass is 10.0. The van der Waals surface area contributed by atoms with E-state index in [0.29, 0.717) is 19.5 Å². The zero-order valence-corrected chi connectivity index (χ0v) is 16.1. The molecule has 0 aliphatic carbocycles. The second kappa shape index (κ2) is 7.82. The third-order valence-corrected chi connectivity index (χ3v) is 4.32. The van der Waals surface area contributed by atoms with Gasteiger partial charge in [-0.15, -0.1) is 0 Å². The van der Waals surface area contributed by atoms with Crippen LogP contribution in [0.5, 0.6) is 0 Å². The van der Waals surface area contributed by atoms with Crippen molar-refractivity contribution in [1.29, 1.82) is 0 Å². The van der Waals surface area contributed by atoms with E-state index in [1.54, 1.807) is 4.90 Å². The van der Waals surface area contributed by atoms with Crippen molar-refractivity contribution in [3.8, 4) is 11.1 Å². The predicted molar refractivity (Wildman–Crippen MR) is 105 cm³/mol. The third kappa shape index (κ3) is 5.33. The van der Waals surface area contributed by atoms with Crippen LogP contribution in [0.25, 0.3) is 11.1 Å². The molecule has 2 aromatic rings. The number of carbonyl (C=O) groups excluding carboxylic acids is 2. The van der Waals surface area contributed by atoms with Crippen molar-refractivity contribution in [2.45, 2.75) is 38.8 Å². The minimum atomic E-state index is -0.503. The Hall–Kier alpha value is -2.82. The lowest BCUT2D eigenvalue weighted by Crippen LogP contribution is -2.61. The lowest BCUT2D eigenvalue weighted by molar-refractivity contribution is -0.122. The number of nitrogens with zero attached hydrogens (tertiary/aromatic N) is 1. The van der Waals surface area contributed by atoms with Gasteiger partial charge in [0.25, 0.3) is 0 Å². The Morgan fingerprint density at radius 1 is 1.00 bits per heavy atom. The molecule has 0 unspecified atom stereocenters. The highest BCUT2D eigenvalue weighted by molar-refractivity contribution is 5.80. The molecule has 142 valence electrons. The first-order chi connectivity index (χ1) is 12.8. The van der Waals surface area contributed by atoms with Crippen molar-refractivity contribution >= 4 is 12.0 Å². The van der Waals surface area contributed by atoms with E-state index in [-0.39, 0.29) is 18.0 Å². The van der Waals surface area contributed by atoms with Crippen molar-refractivity contribution in [2.24, 2.45) is 0 Å². The molecule has 27 heavy (non-hydrogen) atoms. The number of rotatable bonds is 4. The van der Waals surface area contributed by atoms with Crippen LogP contribution in [0, 0.1) is 0 Å². The molecular weight excluding hydrogens is 340 g/mol. The molecule has 1 aliphatic heterocycles. The Kier molecular flexibility index (Phi) is 5.49. The Labute approximate surface area is 160 Å². The van der Waals surface area contributed by atoms with Crippen LogP contribution in [0.2, 0.25) is 0 Å². The van der Waals surface area contributed by atoms with E-state index in [9.17, 15) is 9.59 Å². The molecule has 5 heteroatoms. The molecule has 0 aromatic heterocycles. The molecule has 5 nitrogen and oxygen atoms in total. The summed E-state index contributed by atoms with van der Waals surface area (Å²) in [4.78, 5) is 25.7. The second-order valence-corrected chi connectivity index (χ2v) is 7.89. The van der Waals surface area contributed by atoms with Gasteiger partial charge in [0, 0.05) is 13.1 Å². The standard InChI is InChI=1S/C22H26N2O3/c1-22(2,3)27-21(26)24-14-19(15-24)23-20(25)13-16-9-11-18(12-10-16)17-7-5-4-6-8-17/h4-12,19H,13-15H2,1-3H3,(H,23,25). The number of amides is 2. The predicted octanol–water partition coefficient (Wildman–Crippen LogP) is 3.63. The highest BCUT2D eigenvalue weighted by Crippen LogP contribution is 2.19. The molecule has 0 radical (unpaired) electrons. The quantitative estimate of drug-likeness (QED) is 0.899. The summed E-state index contributed by atoms with van der Waals surface area (Å²) >= 11 is 0. The van der Waals surface area contributed by atoms with Gasteiger partial charge in [0.1, 0.15) is 5.60 Å². The van der Waals surface area contributed by atoms with Crippen LogP contribution in [0.15, 0.2) is 54.6 Å². The van der Waals surface area contributed by atoms with Gasteiger partial charge in [-0.1, -0.05) is 54.6 Å². The molecule has 2 aromatic carbocycles. The normalized spacial score (nSPS) is 14.4. The van der Waals surface area contributed by atoms with E-state index in [4.69, 9.17) is 4.74 Å². The van der Waals surface area contributed by atoms with Gasteiger partial charge >= 0.3 is 6.09 Å². The Morgan fingerprint density at radius 3 is 2.19 bits per heavy atom. The Balaban J connectivity index is 1.45. The number of carbonyl (C=O) groups is 2. The molecular formula is C22H26N2O3. The average Bonchev–Trinajstić information content (AvgIpc) is 2.57. The summed E-state index contributed by atoms with van der Waals surface area (Å²) in [5.74, 6) is -0.0312. The average molecular weight is 366 g/mol. The van der Waals surface area contributed by atoms with E-state index >= 15 is 0 Å². The first-order valence-corrected chi connectivity index (χ1v) is 9.22. The summed E-state index contributed by atoms with van der Waals surface area (Å²) in [5, 5.41) is 2.97. The second-order valence-electron chi connectivity index (χ2n) is 7.89. The van der Waals surface area contributed by atoms with E-state index in [0.717, 1.165) is 16.7 Å². The number of benzene rings is 2. The summed E-state index contributed by atoms with van der Waals surface area (Å²) in [6, 6.07) is 18.2. The van der Waals surface area contributed by atoms with E-state index in [1.807, 2.05) is 63.2 Å². The minimum Gasteiger partial charge on any atom is -0.444 e. The van der Waals surface area contributed by atoms with Crippen molar-refractivity contribution in [3.05, 3.63) is 60.2 Å². The summed E-state index contributed by atoms with van der Waals surface area (Å²) < 4.78 is 5.31. The number of hydrogen-bond donors (Lipinski definition) is 1. The molecule has 3 rings (SSSR count). The SMILES string of the molecule is CC(C)(C)OC(=O)N1CC(NC(=O)Cc2ccc(-c3ccccc3)cc2)C1. The molecule has 2 amide bonds. The smallest absolute Gasteiger partial charge is 0.410 e. The van der Waals surface area contributed by atoms with Gasteiger partial charge in [0.2, 0.25) is 5.91 Å². The molecule has 0 saturated carbocycles. The highest BCUT2D eigenvalue weighted by atomic mass is 16.6. The first kappa shape index (κ1) is 19.0. The zero-order valence-electron chi connectivity index (χ0n) is 16.1. The molecule has 0 bridgehead atoms. The molecule has 1 N–H and O–H groups in total. The van der Waals surface area contributed by atoms with Crippen LogP contribution in [-0.4, -0.2) is 41.6 Å². The summed E-state index contributed by atoms with van der Waals surface area (Å²) in [6.07, 6.45) is 0.00219. The molecule has 1 heterocycles. The van der Waals surface area contributed by atoms with Crippen LogP contribution in [-0.2, 0) is 16.0 Å². The van der Waals surface area contributed by atoms with Crippen molar-refractivity contribution < 1.29 is 14.3 Å². The van der Waals surface area contributed by atoms with Crippen LogP contribution >= 0.6 is 0 Å². The summed E-state index contributed by atoms with van der Waals surface area (Å²) in [5.41, 5.74) is 2.75. The molecule has 1 fully saturated rings. The molecule has 1 aliphatic rings. The van der Waals surface area contributed by atoms with Gasteiger partial charge in [-0.25, -0.2) is 4.79 Å². The fourth-order valence-electron chi connectivity index (χ4n) is 2.96. The number of nitrogens with one attached hydrogen (secondary N) is 1. The minimum absolute atomic E-state index is 0.00592. The lowest BCUT2D eigenvalue weighted by Gasteiger charge is -2.40. The summed E-state index contributed by atoms with van der Waals surface area (Å²) in [6.45, 7) is 6.51. The fourth-order valence-corrected chi connectivity index (χ4v) is 2.96. The number of ether oxygens (including phenoxy) is 1. The van der Waals surface area contributed by atoms with E-state index < -0.39 is 5.60 Å². The summed E-state index contributed by atoms with van der Waals surface area (Å²) in [7, 11) is 0. The van der Waals surface area contributed by atoms with Gasteiger partial charge in [-0.2, -0.15) is 0 Å². The Morgan fingerprint density at radius 2 is 1.59 bits per heavy atom. The van der Waals surface area contributed by atoms with Crippen LogP contribution in [0.4, 0.5) is 4.79 Å². The Bertz CT molecular complexity index is 789. The van der Waals surface area contributed by atoms with Gasteiger partial charge < -0.3 is 15.0 Å². The number of likely N-dealkylation sites (tertiary alicyclic amines) is 1. The maximum Gasteiger partial charge on any atom is 0.410 e. The zero-order chi connectivity index (χ0) is 19.4. The fraction of sp³-hybridized carbons (Fsp3) is 0.364. The van der Waals surface area contributed by atoms with Crippen LogP contribution < -0.4 is 5.32 Å². The molecule has 1 saturated heterocycles.